The average Bonchev–Trinajstić information content (AvgIpc) is 3.19. The van der Waals surface area contributed by atoms with E-state index in [4.69, 9.17) is 0 Å². The quantitative estimate of drug-likeness (QED) is 0.511. The van der Waals surface area contributed by atoms with Crippen LogP contribution < -0.4 is 5.32 Å². The molecule has 136 valence electrons. The molecule has 0 aliphatic rings. The Morgan fingerprint density at radius 3 is 2.67 bits per heavy atom. The van der Waals surface area contributed by atoms with Crippen LogP contribution in [-0.2, 0) is 12.7 Å². The molecule has 27 heavy (non-hydrogen) atoms. The van der Waals surface area contributed by atoms with Crippen molar-refractivity contribution in [2.45, 2.75) is 12.7 Å². The third-order valence-electron chi connectivity index (χ3n) is 3.99. The Bertz CT molecular complexity index is 1080. The topological polar surface area (TPSA) is 50.7 Å². The maximum Gasteiger partial charge on any atom is 0.416 e. The number of benzene rings is 1. The Labute approximate surface area is 156 Å². The number of nitrogens with zero attached hydrogens (tertiary/aromatic N) is 3. The van der Waals surface area contributed by atoms with Crippen LogP contribution in [0, 0.1) is 0 Å². The second kappa shape index (κ2) is 6.96. The first kappa shape index (κ1) is 17.4. The Kier molecular flexibility index (Phi) is 4.49. The van der Waals surface area contributed by atoms with Crippen LogP contribution in [0.4, 0.5) is 18.3 Å². The second-order valence-corrected chi connectivity index (χ2v) is 6.69. The molecule has 4 aromatic rings. The highest BCUT2D eigenvalue weighted by Crippen LogP contribution is 2.33. The smallest absolute Gasteiger partial charge is 0.356 e. The number of alkyl halides is 3. The summed E-state index contributed by atoms with van der Waals surface area (Å²) in [7, 11) is 0. The lowest BCUT2D eigenvalue weighted by Crippen LogP contribution is -2.05. The van der Waals surface area contributed by atoms with Crippen LogP contribution in [0.15, 0.2) is 60.2 Å². The first-order valence-electron chi connectivity index (χ1n) is 8.06. The van der Waals surface area contributed by atoms with Gasteiger partial charge in [0.25, 0.3) is 0 Å². The van der Waals surface area contributed by atoms with Gasteiger partial charge in [-0.15, -0.1) is 11.3 Å². The lowest BCUT2D eigenvalue weighted by Gasteiger charge is -2.11. The molecule has 3 aromatic heterocycles. The number of para-hydroxylation sites is 1. The maximum absolute atomic E-state index is 13.0. The van der Waals surface area contributed by atoms with Crippen molar-refractivity contribution < 1.29 is 13.2 Å². The average molecular weight is 386 g/mol. The zero-order valence-electron chi connectivity index (χ0n) is 13.9. The van der Waals surface area contributed by atoms with E-state index in [1.165, 1.54) is 17.5 Å². The van der Waals surface area contributed by atoms with Crippen LogP contribution in [0.3, 0.4) is 0 Å². The molecule has 0 fully saturated rings. The van der Waals surface area contributed by atoms with Crippen molar-refractivity contribution in [3.8, 4) is 11.3 Å². The minimum atomic E-state index is -4.42. The van der Waals surface area contributed by atoms with Crippen LogP contribution in [0.5, 0.6) is 0 Å². The van der Waals surface area contributed by atoms with E-state index in [9.17, 15) is 13.2 Å². The minimum absolute atomic E-state index is 0.243. The second-order valence-electron chi connectivity index (χ2n) is 5.80. The highest BCUT2D eigenvalue weighted by atomic mass is 32.1. The van der Waals surface area contributed by atoms with E-state index in [1.807, 2.05) is 23.6 Å². The van der Waals surface area contributed by atoms with Crippen molar-refractivity contribution in [2.24, 2.45) is 0 Å². The van der Waals surface area contributed by atoms with Crippen molar-refractivity contribution in [2.75, 3.05) is 5.32 Å². The molecule has 0 bridgehead atoms. The fraction of sp³-hybridized carbons (Fsp3) is 0.105. The summed E-state index contributed by atoms with van der Waals surface area (Å²) in [6.07, 6.45) is -1.54. The molecule has 0 spiro atoms. The van der Waals surface area contributed by atoms with Crippen LogP contribution in [-0.4, -0.2) is 15.0 Å². The first-order valence-corrected chi connectivity index (χ1v) is 8.94. The predicted molar refractivity (Wildman–Crippen MR) is 99.4 cm³/mol. The van der Waals surface area contributed by atoms with Crippen molar-refractivity contribution >= 4 is 27.4 Å². The molecule has 0 aliphatic carbocycles. The van der Waals surface area contributed by atoms with Gasteiger partial charge in [-0.05, 0) is 18.2 Å². The van der Waals surface area contributed by atoms with Gasteiger partial charge in [0.2, 0.25) is 0 Å². The number of aromatic nitrogens is 3. The monoisotopic (exact) mass is 386 g/mol. The van der Waals surface area contributed by atoms with Gasteiger partial charge in [-0.1, -0.05) is 24.3 Å². The molecule has 3 heterocycles. The normalized spacial score (nSPS) is 11.7. The Morgan fingerprint density at radius 2 is 1.89 bits per heavy atom. The fourth-order valence-corrected chi connectivity index (χ4v) is 3.25. The Morgan fingerprint density at radius 1 is 1.00 bits per heavy atom. The number of anilines is 1. The van der Waals surface area contributed by atoms with E-state index in [-0.39, 0.29) is 5.69 Å². The molecule has 0 unspecified atom stereocenters. The van der Waals surface area contributed by atoms with Gasteiger partial charge in [0.15, 0.2) is 5.13 Å². The number of pyridine rings is 2. The molecular formula is C19H13F3N4S. The SMILES string of the molecule is FC(F)(F)c1ccnc(-c2cccc3ccc(CNc4nccs4)nc23)c1. The number of hydrogen-bond donors (Lipinski definition) is 1. The number of thiazole rings is 1. The molecule has 0 amide bonds. The zero-order chi connectivity index (χ0) is 18.9. The van der Waals surface area contributed by atoms with Crippen LogP contribution in [0.2, 0.25) is 0 Å². The fourth-order valence-electron chi connectivity index (χ4n) is 2.72. The third-order valence-corrected chi connectivity index (χ3v) is 4.72. The highest BCUT2D eigenvalue weighted by Gasteiger charge is 2.30. The summed E-state index contributed by atoms with van der Waals surface area (Å²) in [5.74, 6) is 0. The number of halogens is 3. The molecule has 4 nitrogen and oxygen atoms in total. The van der Waals surface area contributed by atoms with Gasteiger partial charge in [-0.3, -0.25) is 9.97 Å². The molecular weight excluding hydrogens is 373 g/mol. The van der Waals surface area contributed by atoms with E-state index in [2.05, 4.69) is 20.3 Å². The zero-order valence-corrected chi connectivity index (χ0v) is 14.7. The third kappa shape index (κ3) is 3.75. The van der Waals surface area contributed by atoms with Gasteiger partial charge in [0.05, 0.1) is 29.0 Å². The predicted octanol–water partition coefficient (Wildman–Crippen LogP) is 5.38. The number of rotatable bonds is 4. The minimum Gasteiger partial charge on any atom is -0.356 e. The van der Waals surface area contributed by atoms with E-state index >= 15 is 0 Å². The number of fused-ring (bicyclic) bond motifs is 1. The summed E-state index contributed by atoms with van der Waals surface area (Å²) < 4.78 is 39.1. The van der Waals surface area contributed by atoms with E-state index in [0.717, 1.165) is 28.3 Å². The van der Waals surface area contributed by atoms with E-state index in [1.54, 1.807) is 18.3 Å². The number of hydrogen-bond acceptors (Lipinski definition) is 5. The first-order chi connectivity index (χ1) is 13.0. The van der Waals surface area contributed by atoms with Crippen molar-refractivity contribution in [3.05, 3.63) is 71.5 Å². The summed E-state index contributed by atoms with van der Waals surface area (Å²) in [4.78, 5) is 12.9. The van der Waals surface area contributed by atoms with Crippen LogP contribution in [0.25, 0.3) is 22.2 Å². The lowest BCUT2D eigenvalue weighted by atomic mass is 10.0. The highest BCUT2D eigenvalue weighted by molar-refractivity contribution is 7.13. The largest absolute Gasteiger partial charge is 0.416 e. The molecule has 0 saturated heterocycles. The molecule has 4 rings (SSSR count). The van der Waals surface area contributed by atoms with Crippen molar-refractivity contribution in [3.63, 3.8) is 0 Å². The summed E-state index contributed by atoms with van der Waals surface area (Å²) >= 11 is 1.48. The van der Waals surface area contributed by atoms with Gasteiger partial charge in [0, 0.05) is 28.7 Å². The van der Waals surface area contributed by atoms with Crippen LogP contribution in [0.1, 0.15) is 11.3 Å². The Balaban J connectivity index is 1.73. The standard InChI is InChI=1S/C19H13F3N4S/c20-19(21,22)13-6-7-23-16(10-13)15-3-1-2-12-4-5-14(26-17(12)15)11-25-18-24-8-9-27-18/h1-10H,11H2,(H,24,25). The molecule has 0 aliphatic heterocycles. The van der Waals surface area contributed by atoms with Gasteiger partial charge < -0.3 is 5.32 Å². The van der Waals surface area contributed by atoms with Gasteiger partial charge >= 0.3 is 6.18 Å². The molecule has 0 saturated carbocycles. The summed E-state index contributed by atoms with van der Waals surface area (Å²) in [6.45, 7) is 0.466. The number of nitrogens with one attached hydrogen (secondary N) is 1. The molecule has 0 radical (unpaired) electrons. The van der Waals surface area contributed by atoms with Crippen molar-refractivity contribution in [1.82, 2.24) is 15.0 Å². The molecule has 1 N–H and O–H groups in total. The Hall–Kier alpha value is -3.00. The molecule has 8 heteroatoms. The van der Waals surface area contributed by atoms with E-state index in [0.29, 0.717) is 17.6 Å². The molecule has 0 atom stereocenters. The van der Waals surface area contributed by atoms with Crippen LogP contribution >= 0.6 is 11.3 Å². The van der Waals surface area contributed by atoms with Gasteiger partial charge in [0.1, 0.15) is 0 Å². The van der Waals surface area contributed by atoms with Gasteiger partial charge in [-0.2, -0.15) is 13.2 Å². The summed E-state index contributed by atoms with van der Waals surface area (Å²) in [5, 5.41) is 6.66. The van der Waals surface area contributed by atoms with Crippen molar-refractivity contribution in [1.29, 1.82) is 0 Å². The van der Waals surface area contributed by atoms with E-state index < -0.39 is 11.7 Å². The summed E-state index contributed by atoms with van der Waals surface area (Å²) in [6, 6.07) is 11.2. The molecule has 1 aromatic carbocycles. The van der Waals surface area contributed by atoms with Gasteiger partial charge in [-0.25, -0.2) is 4.98 Å². The summed E-state index contributed by atoms with van der Waals surface area (Å²) in [5.41, 5.74) is 1.45. The maximum atomic E-state index is 13.0. The lowest BCUT2D eigenvalue weighted by molar-refractivity contribution is -0.137.